The van der Waals surface area contributed by atoms with Gasteiger partial charge in [-0.2, -0.15) is 0 Å². The van der Waals surface area contributed by atoms with Gasteiger partial charge in [0.1, 0.15) is 13.2 Å². The Balaban J connectivity index is 1.20. The number of piperazine rings is 1. The molecule has 2 aromatic rings. The van der Waals surface area contributed by atoms with Crippen molar-refractivity contribution < 1.29 is 19.1 Å². The van der Waals surface area contributed by atoms with Crippen molar-refractivity contribution in [3.05, 3.63) is 42.5 Å². The molecule has 5 rings (SSSR count). The van der Waals surface area contributed by atoms with Crippen LogP contribution in [0.25, 0.3) is 0 Å². The van der Waals surface area contributed by atoms with E-state index in [0.29, 0.717) is 31.3 Å². The number of nitrogens with one attached hydrogen (secondary N) is 1. The minimum atomic E-state index is -0.395. The van der Waals surface area contributed by atoms with Crippen molar-refractivity contribution in [2.24, 2.45) is 5.92 Å². The van der Waals surface area contributed by atoms with Gasteiger partial charge >= 0.3 is 0 Å². The summed E-state index contributed by atoms with van der Waals surface area (Å²) in [6.07, 6.45) is 0.194. The molecule has 0 spiro atoms. The summed E-state index contributed by atoms with van der Waals surface area (Å²) in [6.45, 7) is 5.46. The maximum absolute atomic E-state index is 12.8. The van der Waals surface area contributed by atoms with E-state index in [1.807, 2.05) is 42.5 Å². The number of likely N-dealkylation sites (N-methyl/N-ethyl adjacent to an activating group) is 1. The molecule has 8 heteroatoms. The molecule has 0 saturated carbocycles. The number of ether oxygens (including phenoxy) is 2. The van der Waals surface area contributed by atoms with Gasteiger partial charge in [-0.25, -0.2) is 0 Å². The van der Waals surface area contributed by atoms with Gasteiger partial charge in [-0.05, 0) is 43.4 Å². The minimum absolute atomic E-state index is 0.0627. The maximum Gasteiger partial charge on any atom is 0.229 e. The SMILES string of the molecule is CN1CCN(c2ccc(NC(=O)C3CC(=O)N(c4ccc5c(c4)OCCO5)C3)cc2)CC1. The molecule has 2 fully saturated rings. The Kier molecular flexibility index (Phi) is 5.61. The average Bonchev–Trinajstić information content (AvgIpc) is 3.21. The van der Waals surface area contributed by atoms with Gasteiger partial charge in [0, 0.05) is 62.3 Å². The fraction of sp³-hybridized carbons (Fsp3) is 0.417. The summed E-state index contributed by atoms with van der Waals surface area (Å²) in [5.41, 5.74) is 2.64. The number of anilines is 3. The van der Waals surface area contributed by atoms with E-state index >= 15 is 0 Å². The molecule has 1 unspecified atom stereocenters. The summed E-state index contributed by atoms with van der Waals surface area (Å²) >= 11 is 0. The summed E-state index contributed by atoms with van der Waals surface area (Å²) in [4.78, 5) is 31.8. The molecule has 8 nitrogen and oxygen atoms in total. The van der Waals surface area contributed by atoms with Crippen molar-refractivity contribution in [3.8, 4) is 11.5 Å². The third-order valence-electron chi connectivity index (χ3n) is 6.34. The van der Waals surface area contributed by atoms with Crippen LogP contribution in [0.3, 0.4) is 0 Å². The number of carbonyl (C=O) groups excluding carboxylic acids is 2. The van der Waals surface area contributed by atoms with Crippen molar-refractivity contribution in [1.82, 2.24) is 4.90 Å². The number of carbonyl (C=O) groups is 2. The first-order valence-electron chi connectivity index (χ1n) is 11.1. The highest BCUT2D eigenvalue weighted by molar-refractivity contribution is 6.03. The molecule has 3 aliphatic rings. The molecule has 3 aliphatic heterocycles. The molecule has 0 aromatic heterocycles. The van der Waals surface area contributed by atoms with E-state index < -0.39 is 5.92 Å². The number of hydrogen-bond acceptors (Lipinski definition) is 6. The Morgan fingerprint density at radius 2 is 1.62 bits per heavy atom. The van der Waals surface area contributed by atoms with Gasteiger partial charge in [-0.15, -0.1) is 0 Å². The van der Waals surface area contributed by atoms with Crippen molar-refractivity contribution >= 4 is 28.9 Å². The quantitative estimate of drug-likeness (QED) is 0.792. The van der Waals surface area contributed by atoms with Crippen LogP contribution in [0.2, 0.25) is 0 Å². The standard InChI is InChI=1S/C24H28N4O4/c1-26-8-10-27(11-9-26)19-4-2-18(3-5-19)25-24(30)17-14-23(29)28(16-17)20-6-7-21-22(15-20)32-13-12-31-21/h2-7,15,17H,8-14,16H2,1H3,(H,25,30). The van der Waals surface area contributed by atoms with Crippen LogP contribution in [0.4, 0.5) is 17.1 Å². The first-order chi connectivity index (χ1) is 15.6. The number of benzene rings is 2. The van der Waals surface area contributed by atoms with Crippen LogP contribution >= 0.6 is 0 Å². The lowest BCUT2D eigenvalue weighted by molar-refractivity contribution is -0.122. The van der Waals surface area contributed by atoms with E-state index in [9.17, 15) is 9.59 Å². The molecule has 2 saturated heterocycles. The molecule has 0 aliphatic carbocycles. The maximum atomic E-state index is 12.8. The van der Waals surface area contributed by atoms with Crippen molar-refractivity contribution in [1.29, 1.82) is 0 Å². The first kappa shape index (κ1) is 20.6. The van der Waals surface area contributed by atoms with Gasteiger partial charge in [-0.1, -0.05) is 0 Å². The van der Waals surface area contributed by atoms with Crippen LogP contribution in [-0.2, 0) is 9.59 Å². The van der Waals surface area contributed by atoms with Crippen molar-refractivity contribution in [2.75, 3.05) is 68.1 Å². The highest BCUT2D eigenvalue weighted by atomic mass is 16.6. The highest BCUT2D eigenvalue weighted by Crippen LogP contribution is 2.36. The van der Waals surface area contributed by atoms with Gasteiger partial charge in [0.2, 0.25) is 11.8 Å². The third kappa shape index (κ3) is 4.23. The average molecular weight is 437 g/mol. The van der Waals surface area contributed by atoms with Crippen LogP contribution in [0.15, 0.2) is 42.5 Å². The number of hydrogen-bond donors (Lipinski definition) is 1. The van der Waals surface area contributed by atoms with Crippen molar-refractivity contribution in [2.45, 2.75) is 6.42 Å². The Morgan fingerprint density at radius 1 is 0.938 bits per heavy atom. The molecular weight excluding hydrogens is 408 g/mol. The van der Waals surface area contributed by atoms with Gasteiger partial charge in [0.15, 0.2) is 11.5 Å². The molecule has 3 heterocycles. The van der Waals surface area contributed by atoms with E-state index in [1.165, 1.54) is 0 Å². The number of fused-ring (bicyclic) bond motifs is 1. The summed E-state index contributed by atoms with van der Waals surface area (Å²) in [5.74, 6) is 0.724. The van der Waals surface area contributed by atoms with E-state index in [1.54, 1.807) is 4.90 Å². The molecular formula is C24H28N4O4. The van der Waals surface area contributed by atoms with Crippen LogP contribution in [0.5, 0.6) is 11.5 Å². The fourth-order valence-corrected chi connectivity index (χ4v) is 4.40. The fourth-order valence-electron chi connectivity index (χ4n) is 4.40. The first-order valence-corrected chi connectivity index (χ1v) is 11.1. The number of rotatable bonds is 4. The van der Waals surface area contributed by atoms with E-state index in [0.717, 1.165) is 43.2 Å². The predicted molar refractivity (Wildman–Crippen MR) is 123 cm³/mol. The second kappa shape index (κ2) is 8.70. The summed E-state index contributed by atoms with van der Waals surface area (Å²) < 4.78 is 11.2. The summed E-state index contributed by atoms with van der Waals surface area (Å²) in [7, 11) is 2.14. The summed E-state index contributed by atoms with van der Waals surface area (Å²) in [6, 6.07) is 13.4. The normalized spacial score (nSPS) is 21.0. The van der Waals surface area contributed by atoms with Crippen LogP contribution in [0.1, 0.15) is 6.42 Å². The third-order valence-corrected chi connectivity index (χ3v) is 6.34. The molecule has 2 aromatic carbocycles. The summed E-state index contributed by atoms with van der Waals surface area (Å²) in [5, 5.41) is 2.97. The van der Waals surface area contributed by atoms with Gasteiger partial charge < -0.3 is 29.5 Å². The zero-order valence-electron chi connectivity index (χ0n) is 18.3. The Morgan fingerprint density at radius 3 is 2.38 bits per heavy atom. The van der Waals surface area contributed by atoms with E-state index in [-0.39, 0.29) is 18.2 Å². The van der Waals surface area contributed by atoms with Gasteiger partial charge in [0.25, 0.3) is 0 Å². The zero-order chi connectivity index (χ0) is 22.1. The Bertz CT molecular complexity index is 1000. The van der Waals surface area contributed by atoms with E-state index in [2.05, 4.69) is 22.2 Å². The zero-order valence-corrected chi connectivity index (χ0v) is 18.3. The molecule has 2 amide bonds. The highest BCUT2D eigenvalue weighted by Gasteiger charge is 2.35. The van der Waals surface area contributed by atoms with Crippen LogP contribution in [-0.4, -0.2) is 69.7 Å². The molecule has 32 heavy (non-hydrogen) atoms. The lowest BCUT2D eigenvalue weighted by Crippen LogP contribution is -2.44. The monoisotopic (exact) mass is 436 g/mol. The second-order valence-electron chi connectivity index (χ2n) is 8.56. The smallest absolute Gasteiger partial charge is 0.229 e. The van der Waals surface area contributed by atoms with Crippen LogP contribution < -0.4 is 24.6 Å². The topological polar surface area (TPSA) is 74.4 Å². The number of nitrogens with zero attached hydrogens (tertiary/aromatic N) is 3. The second-order valence-corrected chi connectivity index (χ2v) is 8.56. The Labute approximate surface area is 187 Å². The molecule has 168 valence electrons. The van der Waals surface area contributed by atoms with Crippen LogP contribution in [0, 0.1) is 5.92 Å². The molecule has 1 atom stereocenters. The Hall–Kier alpha value is -3.26. The minimum Gasteiger partial charge on any atom is -0.486 e. The van der Waals surface area contributed by atoms with Gasteiger partial charge in [0.05, 0.1) is 5.92 Å². The largest absolute Gasteiger partial charge is 0.486 e. The van der Waals surface area contributed by atoms with Gasteiger partial charge in [-0.3, -0.25) is 9.59 Å². The van der Waals surface area contributed by atoms with E-state index in [4.69, 9.17) is 9.47 Å². The lowest BCUT2D eigenvalue weighted by atomic mass is 10.1. The predicted octanol–water partition coefficient (Wildman–Crippen LogP) is 2.20. The molecule has 0 radical (unpaired) electrons. The number of amides is 2. The molecule has 0 bridgehead atoms. The lowest BCUT2D eigenvalue weighted by Gasteiger charge is -2.34. The molecule has 1 N–H and O–H groups in total. The van der Waals surface area contributed by atoms with Crippen molar-refractivity contribution in [3.63, 3.8) is 0 Å².